The smallest absolute Gasteiger partial charge is 0.360 e. The maximum atomic E-state index is 11.9. The third-order valence-electron chi connectivity index (χ3n) is 2.80. The molecule has 0 bridgehead atoms. The molecule has 0 spiro atoms. The Bertz CT molecular complexity index is 600. The van der Waals surface area contributed by atoms with Gasteiger partial charge < -0.3 is 4.74 Å². The van der Waals surface area contributed by atoms with E-state index in [0.717, 1.165) is 5.69 Å². The summed E-state index contributed by atoms with van der Waals surface area (Å²) in [5.74, 6) is -0.133. The number of nitrogens with zero attached hydrogens (tertiary/aromatic N) is 5. The monoisotopic (exact) mass is 277 g/mol. The quantitative estimate of drug-likeness (QED) is 0.767. The van der Waals surface area contributed by atoms with Gasteiger partial charge in [-0.3, -0.25) is 4.68 Å². The molecule has 0 unspecified atom stereocenters. The van der Waals surface area contributed by atoms with Crippen LogP contribution in [0.2, 0.25) is 0 Å². The first-order chi connectivity index (χ1) is 9.47. The summed E-state index contributed by atoms with van der Waals surface area (Å²) >= 11 is 0. The second-order valence-electron chi connectivity index (χ2n) is 5.15. The Hall–Kier alpha value is -2.18. The predicted octanol–water partition coefficient (Wildman–Crippen LogP) is 1.18. The van der Waals surface area contributed by atoms with Crippen molar-refractivity contribution in [3.05, 3.63) is 29.3 Å². The summed E-state index contributed by atoms with van der Waals surface area (Å²) in [5.41, 5.74) is 1.81. The molecule has 0 fully saturated rings. The van der Waals surface area contributed by atoms with E-state index in [2.05, 4.69) is 15.4 Å². The summed E-state index contributed by atoms with van der Waals surface area (Å²) in [6, 6.07) is 1.90. The second kappa shape index (κ2) is 5.85. The third kappa shape index (κ3) is 3.23. The van der Waals surface area contributed by atoms with Crippen LogP contribution in [0.5, 0.6) is 0 Å². The minimum Gasteiger partial charge on any atom is -0.461 e. The highest BCUT2D eigenvalue weighted by atomic mass is 16.5. The molecule has 2 aromatic rings. The first-order valence-electron chi connectivity index (χ1n) is 6.53. The number of esters is 1. The summed E-state index contributed by atoms with van der Waals surface area (Å²) in [7, 11) is 1.85. The molecule has 108 valence electrons. The van der Waals surface area contributed by atoms with Crippen LogP contribution in [0.1, 0.15) is 35.7 Å². The second-order valence-corrected chi connectivity index (χ2v) is 5.15. The number of aryl methyl sites for hydroxylation is 1. The highest BCUT2D eigenvalue weighted by Gasteiger charge is 2.18. The van der Waals surface area contributed by atoms with Crippen LogP contribution < -0.4 is 0 Å². The molecule has 0 aliphatic carbocycles. The van der Waals surface area contributed by atoms with Gasteiger partial charge >= 0.3 is 5.97 Å². The van der Waals surface area contributed by atoms with Gasteiger partial charge in [-0.1, -0.05) is 19.1 Å². The minimum absolute atomic E-state index is 0.265. The maximum absolute atomic E-state index is 11.9. The van der Waals surface area contributed by atoms with Gasteiger partial charge in [0.05, 0.1) is 24.5 Å². The van der Waals surface area contributed by atoms with Crippen LogP contribution in [0.15, 0.2) is 12.3 Å². The largest absolute Gasteiger partial charge is 0.461 e. The van der Waals surface area contributed by atoms with Crippen molar-refractivity contribution in [3.63, 3.8) is 0 Å². The Balaban J connectivity index is 2.08. The molecule has 0 N–H and O–H groups in total. The zero-order valence-corrected chi connectivity index (χ0v) is 12.2. The molecule has 2 heterocycles. The molecule has 0 saturated heterocycles. The van der Waals surface area contributed by atoms with Crippen LogP contribution in [0.4, 0.5) is 0 Å². The molecular weight excluding hydrogens is 258 g/mol. The van der Waals surface area contributed by atoms with E-state index in [9.17, 15) is 4.79 Å². The number of ether oxygens (including phenoxy) is 1. The fourth-order valence-corrected chi connectivity index (χ4v) is 1.71. The Morgan fingerprint density at radius 2 is 2.20 bits per heavy atom. The van der Waals surface area contributed by atoms with E-state index in [1.807, 2.05) is 33.2 Å². The van der Waals surface area contributed by atoms with Gasteiger partial charge in [0.2, 0.25) is 0 Å². The van der Waals surface area contributed by atoms with Crippen molar-refractivity contribution < 1.29 is 9.53 Å². The Morgan fingerprint density at radius 3 is 2.80 bits per heavy atom. The zero-order chi connectivity index (χ0) is 14.7. The molecule has 2 rings (SSSR count). The van der Waals surface area contributed by atoms with Crippen LogP contribution in [-0.4, -0.2) is 37.4 Å². The van der Waals surface area contributed by atoms with E-state index in [4.69, 9.17) is 4.74 Å². The summed E-state index contributed by atoms with van der Waals surface area (Å²) in [5, 5.41) is 12.2. The zero-order valence-electron chi connectivity index (χ0n) is 12.2. The highest BCUT2D eigenvalue weighted by molar-refractivity contribution is 5.88. The molecule has 0 saturated carbocycles. The molecule has 7 nitrogen and oxygen atoms in total. The molecule has 0 aromatic carbocycles. The van der Waals surface area contributed by atoms with Crippen molar-refractivity contribution in [1.82, 2.24) is 24.8 Å². The van der Waals surface area contributed by atoms with Crippen molar-refractivity contribution in [2.75, 3.05) is 6.61 Å². The summed E-state index contributed by atoms with van der Waals surface area (Å²) in [4.78, 5) is 11.9. The van der Waals surface area contributed by atoms with Gasteiger partial charge in [-0.2, -0.15) is 5.10 Å². The van der Waals surface area contributed by atoms with Gasteiger partial charge in [-0.25, -0.2) is 9.48 Å². The summed E-state index contributed by atoms with van der Waals surface area (Å²) < 4.78 is 8.53. The van der Waals surface area contributed by atoms with Gasteiger partial charge in [-0.05, 0) is 18.9 Å². The molecular formula is C13H19N5O2. The van der Waals surface area contributed by atoms with Crippen LogP contribution in [-0.2, 0) is 18.3 Å². The third-order valence-corrected chi connectivity index (χ3v) is 2.80. The Morgan fingerprint density at radius 1 is 1.45 bits per heavy atom. The maximum Gasteiger partial charge on any atom is 0.360 e. The number of carbonyl (C=O) groups excluding carboxylic acids is 1. The van der Waals surface area contributed by atoms with E-state index in [0.29, 0.717) is 24.8 Å². The average molecular weight is 277 g/mol. The number of rotatable bonds is 5. The number of aromatic nitrogens is 5. The Labute approximate surface area is 117 Å². The van der Waals surface area contributed by atoms with Gasteiger partial charge in [0.15, 0.2) is 5.69 Å². The van der Waals surface area contributed by atoms with Crippen molar-refractivity contribution in [2.24, 2.45) is 13.0 Å². The lowest BCUT2D eigenvalue weighted by Crippen LogP contribution is -2.12. The van der Waals surface area contributed by atoms with E-state index in [-0.39, 0.29) is 5.69 Å². The van der Waals surface area contributed by atoms with E-state index < -0.39 is 5.97 Å². The lowest BCUT2D eigenvalue weighted by atomic mass is 10.2. The van der Waals surface area contributed by atoms with E-state index in [1.54, 1.807) is 16.3 Å². The van der Waals surface area contributed by atoms with Crippen molar-refractivity contribution in [2.45, 2.75) is 27.3 Å². The van der Waals surface area contributed by atoms with Crippen LogP contribution >= 0.6 is 0 Å². The fraction of sp³-hybridized carbons (Fsp3) is 0.538. The summed E-state index contributed by atoms with van der Waals surface area (Å²) in [6.45, 7) is 6.63. The normalized spacial score (nSPS) is 11.1. The topological polar surface area (TPSA) is 74.8 Å². The highest BCUT2D eigenvalue weighted by Crippen LogP contribution is 2.08. The van der Waals surface area contributed by atoms with Crippen molar-refractivity contribution >= 4 is 5.97 Å². The number of carbonyl (C=O) groups is 1. The predicted molar refractivity (Wildman–Crippen MR) is 72.2 cm³/mol. The first kappa shape index (κ1) is 14.2. The van der Waals surface area contributed by atoms with Crippen LogP contribution in [0.25, 0.3) is 0 Å². The molecule has 7 heteroatoms. The first-order valence-corrected chi connectivity index (χ1v) is 6.53. The number of hydrogen-bond acceptors (Lipinski definition) is 5. The van der Waals surface area contributed by atoms with Crippen molar-refractivity contribution in [3.8, 4) is 0 Å². The molecule has 0 atom stereocenters. The molecule has 0 radical (unpaired) electrons. The molecule has 2 aromatic heterocycles. The SMILES string of the molecule is Cc1c(C(=O)OCC(C)C)nnn1Cc1ccn(C)n1. The Kier molecular flexibility index (Phi) is 4.16. The molecule has 20 heavy (non-hydrogen) atoms. The number of hydrogen-bond donors (Lipinski definition) is 0. The molecule has 0 aliphatic rings. The van der Waals surface area contributed by atoms with Gasteiger partial charge in [-0.15, -0.1) is 5.10 Å². The summed E-state index contributed by atoms with van der Waals surface area (Å²) in [6.07, 6.45) is 1.86. The van der Waals surface area contributed by atoms with E-state index in [1.165, 1.54) is 0 Å². The fourth-order valence-electron chi connectivity index (χ4n) is 1.71. The minimum atomic E-state index is -0.427. The molecule has 0 amide bonds. The van der Waals surface area contributed by atoms with Gasteiger partial charge in [0.25, 0.3) is 0 Å². The van der Waals surface area contributed by atoms with Crippen LogP contribution in [0.3, 0.4) is 0 Å². The lowest BCUT2D eigenvalue weighted by molar-refractivity contribution is 0.0451. The standard InChI is InChI=1S/C13H19N5O2/c1-9(2)8-20-13(19)12-10(3)18(16-14-12)7-11-5-6-17(4)15-11/h5-6,9H,7-8H2,1-4H3. The van der Waals surface area contributed by atoms with Crippen LogP contribution in [0, 0.1) is 12.8 Å². The van der Waals surface area contributed by atoms with Crippen molar-refractivity contribution in [1.29, 1.82) is 0 Å². The average Bonchev–Trinajstić information content (AvgIpc) is 2.95. The lowest BCUT2D eigenvalue weighted by Gasteiger charge is -2.05. The van der Waals surface area contributed by atoms with E-state index >= 15 is 0 Å². The molecule has 0 aliphatic heterocycles. The van der Waals surface area contributed by atoms with Gasteiger partial charge in [0.1, 0.15) is 0 Å². The van der Waals surface area contributed by atoms with Gasteiger partial charge in [0, 0.05) is 13.2 Å².